The van der Waals surface area contributed by atoms with Crippen LogP contribution in [0.15, 0.2) is 95.6 Å². The summed E-state index contributed by atoms with van der Waals surface area (Å²) in [5.74, 6) is 0. The van der Waals surface area contributed by atoms with E-state index in [1.165, 1.54) is 44.2 Å². The second kappa shape index (κ2) is 4.61. The first-order chi connectivity index (χ1) is 12.4. The molecule has 6 rings (SSSR count). The number of allylic oxidation sites excluding steroid dienone is 11. The molecule has 0 aliphatic heterocycles. The standard InChI is InChI=1S/C25H18/c1-2-9-21-17(5-1)10-11-18-14-16-25-15-4-8-19-6-3-7-20(24(19)25)12-13-22(25)23(18)21/h1-6,9-16H,7-8H2. The number of fused-ring (bicyclic) bond motifs is 4. The molecule has 0 saturated carbocycles. The molecule has 0 bridgehead atoms. The van der Waals surface area contributed by atoms with Gasteiger partial charge >= 0.3 is 0 Å². The van der Waals surface area contributed by atoms with E-state index in [1.54, 1.807) is 0 Å². The van der Waals surface area contributed by atoms with E-state index in [9.17, 15) is 0 Å². The van der Waals surface area contributed by atoms with Gasteiger partial charge in [-0.25, -0.2) is 0 Å². The Balaban J connectivity index is 1.74. The Labute approximate surface area is 147 Å². The first kappa shape index (κ1) is 13.4. The zero-order valence-electron chi connectivity index (χ0n) is 14.0. The summed E-state index contributed by atoms with van der Waals surface area (Å²) in [7, 11) is 0. The van der Waals surface area contributed by atoms with Crippen LogP contribution >= 0.6 is 0 Å². The molecule has 0 nitrogen and oxygen atoms in total. The molecule has 0 N–H and O–H groups in total. The zero-order chi connectivity index (χ0) is 16.4. The van der Waals surface area contributed by atoms with E-state index in [0.717, 1.165) is 12.8 Å². The smallest absolute Gasteiger partial charge is 0.0578 e. The Morgan fingerprint density at radius 3 is 2.76 bits per heavy atom. The maximum atomic E-state index is 2.44. The molecule has 2 aromatic carbocycles. The zero-order valence-corrected chi connectivity index (χ0v) is 14.0. The van der Waals surface area contributed by atoms with Gasteiger partial charge in [0.15, 0.2) is 0 Å². The lowest BCUT2D eigenvalue weighted by atomic mass is 9.59. The minimum Gasteiger partial charge on any atom is -0.0826 e. The van der Waals surface area contributed by atoms with Gasteiger partial charge in [0, 0.05) is 0 Å². The number of hydrogen-bond donors (Lipinski definition) is 0. The summed E-state index contributed by atoms with van der Waals surface area (Å²) < 4.78 is 0. The molecule has 4 aliphatic carbocycles. The Morgan fingerprint density at radius 1 is 0.800 bits per heavy atom. The second-order valence-electron chi connectivity index (χ2n) is 7.34. The summed E-state index contributed by atoms with van der Waals surface area (Å²) in [6.45, 7) is 0. The van der Waals surface area contributed by atoms with Crippen molar-refractivity contribution in [3.8, 4) is 0 Å². The third kappa shape index (κ3) is 1.62. The van der Waals surface area contributed by atoms with E-state index >= 15 is 0 Å². The lowest BCUT2D eigenvalue weighted by Gasteiger charge is -2.44. The molecular formula is C25H18. The van der Waals surface area contributed by atoms with Gasteiger partial charge in [-0.2, -0.15) is 0 Å². The van der Waals surface area contributed by atoms with Crippen LogP contribution in [-0.4, -0.2) is 0 Å². The van der Waals surface area contributed by atoms with Crippen molar-refractivity contribution in [3.05, 3.63) is 107 Å². The van der Waals surface area contributed by atoms with Crippen molar-refractivity contribution in [1.29, 1.82) is 0 Å². The van der Waals surface area contributed by atoms with Gasteiger partial charge in [-0.15, -0.1) is 0 Å². The Morgan fingerprint density at radius 2 is 1.76 bits per heavy atom. The molecule has 1 atom stereocenters. The Kier molecular flexibility index (Phi) is 2.48. The monoisotopic (exact) mass is 318 g/mol. The topological polar surface area (TPSA) is 0 Å². The Hall–Kier alpha value is -2.86. The van der Waals surface area contributed by atoms with Gasteiger partial charge in [-0.05, 0) is 57.0 Å². The quantitative estimate of drug-likeness (QED) is 0.493. The van der Waals surface area contributed by atoms with E-state index in [2.05, 4.69) is 85.0 Å². The van der Waals surface area contributed by atoms with Gasteiger partial charge in [0.05, 0.1) is 5.41 Å². The molecule has 0 heterocycles. The van der Waals surface area contributed by atoms with E-state index in [-0.39, 0.29) is 5.41 Å². The van der Waals surface area contributed by atoms with Gasteiger partial charge < -0.3 is 0 Å². The third-order valence-electron chi connectivity index (χ3n) is 6.08. The van der Waals surface area contributed by atoms with E-state index in [1.807, 2.05) is 0 Å². The molecule has 4 aliphatic rings. The molecule has 118 valence electrons. The molecule has 0 aromatic heterocycles. The van der Waals surface area contributed by atoms with E-state index in [4.69, 9.17) is 0 Å². The third-order valence-corrected chi connectivity index (χ3v) is 6.08. The van der Waals surface area contributed by atoms with Crippen LogP contribution in [0.5, 0.6) is 0 Å². The molecule has 25 heavy (non-hydrogen) atoms. The molecular weight excluding hydrogens is 300 g/mol. The predicted molar refractivity (Wildman–Crippen MR) is 106 cm³/mol. The summed E-state index contributed by atoms with van der Waals surface area (Å²) in [5.41, 5.74) is 8.59. The van der Waals surface area contributed by atoms with Gasteiger partial charge in [0.25, 0.3) is 0 Å². The summed E-state index contributed by atoms with van der Waals surface area (Å²) >= 11 is 0. The normalized spacial score (nSPS) is 25.3. The highest BCUT2D eigenvalue weighted by Crippen LogP contribution is 2.58. The fourth-order valence-corrected chi connectivity index (χ4v) is 5.04. The molecule has 0 heteroatoms. The van der Waals surface area contributed by atoms with Crippen molar-refractivity contribution in [2.45, 2.75) is 12.8 Å². The maximum Gasteiger partial charge on any atom is 0.0578 e. The van der Waals surface area contributed by atoms with Crippen LogP contribution in [0.1, 0.15) is 24.0 Å². The fourth-order valence-electron chi connectivity index (χ4n) is 5.04. The number of benzene rings is 2. The number of hydrogen-bond acceptors (Lipinski definition) is 0. The summed E-state index contributed by atoms with van der Waals surface area (Å²) in [4.78, 5) is 0. The van der Waals surface area contributed by atoms with Crippen LogP contribution in [0.3, 0.4) is 0 Å². The van der Waals surface area contributed by atoms with E-state index in [0.29, 0.717) is 0 Å². The predicted octanol–water partition coefficient (Wildman–Crippen LogP) is 6.39. The van der Waals surface area contributed by atoms with Gasteiger partial charge in [-0.3, -0.25) is 0 Å². The molecule has 1 unspecified atom stereocenters. The van der Waals surface area contributed by atoms with Crippen molar-refractivity contribution >= 4 is 22.4 Å². The molecule has 2 aromatic rings. The maximum absolute atomic E-state index is 2.44. The largest absolute Gasteiger partial charge is 0.0826 e. The SMILES string of the molecule is C1=CC2=C3C(=CC=C4c5c(ccc6ccccc56)C=CC43C=CC2)C1. The highest BCUT2D eigenvalue weighted by atomic mass is 14.5. The molecule has 0 radical (unpaired) electrons. The molecule has 0 fully saturated rings. The first-order valence-electron chi connectivity index (χ1n) is 9.08. The van der Waals surface area contributed by atoms with Crippen LogP contribution in [0.2, 0.25) is 0 Å². The van der Waals surface area contributed by atoms with Crippen LogP contribution in [-0.2, 0) is 0 Å². The molecule has 1 spiro atoms. The van der Waals surface area contributed by atoms with Gasteiger partial charge in [0.2, 0.25) is 0 Å². The van der Waals surface area contributed by atoms with Crippen molar-refractivity contribution < 1.29 is 0 Å². The highest BCUT2D eigenvalue weighted by molar-refractivity contribution is 6.03. The Bertz CT molecular complexity index is 1130. The summed E-state index contributed by atoms with van der Waals surface area (Å²) in [6, 6.07) is 13.3. The molecule has 0 amide bonds. The highest BCUT2D eigenvalue weighted by Gasteiger charge is 2.43. The molecule has 0 saturated heterocycles. The van der Waals surface area contributed by atoms with Gasteiger partial charge in [-0.1, -0.05) is 85.0 Å². The summed E-state index contributed by atoms with van der Waals surface area (Å²) in [5, 5.41) is 2.68. The van der Waals surface area contributed by atoms with Gasteiger partial charge in [0.1, 0.15) is 0 Å². The van der Waals surface area contributed by atoms with Crippen LogP contribution in [0.25, 0.3) is 22.4 Å². The lowest BCUT2D eigenvalue weighted by Crippen LogP contribution is -2.30. The van der Waals surface area contributed by atoms with Crippen LogP contribution in [0, 0.1) is 5.41 Å². The average molecular weight is 318 g/mol. The van der Waals surface area contributed by atoms with Crippen molar-refractivity contribution in [2.75, 3.05) is 0 Å². The minimum atomic E-state index is -0.0838. The van der Waals surface area contributed by atoms with Crippen molar-refractivity contribution in [3.63, 3.8) is 0 Å². The number of rotatable bonds is 0. The van der Waals surface area contributed by atoms with Crippen molar-refractivity contribution in [1.82, 2.24) is 0 Å². The fraction of sp³-hybridized carbons (Fsp3) is 0.120. The van der Waals surface area contributed by atoms with Crippen LogP contribution < -0.4 is 0 Å². The summed E-state index contributed by atoms with van der Waals surface area (Å²) in [6.07, 6.45) is 21.0. The van der Waals surface area contributed by atoms with Crippen molar-refractivity contribution in [2.24, 2.45) is 5.41 Å². The van der Waals surface area contributed by atoms with Crippen LogP contribution in [0.4, 0.5) is 0 Å². The first-order valence-corrected chi connectivity index (χ1v) is 9.08. The second-order valence-corrected chi connectivity index (χ2v) is 7.34. The average Bonchev–Trinajstić information content (AvgIpc) is 2.67. The van der Waals surface area contributed by atoms with E-state index < -0.39 is 0 Å². The minimum absolute atomic E-state index is 0.0838. The lowest BCUT2D eigenvalue weighted by molar-refractivity contribution is 0.734.